The molecule has 4 nitrogen and oxygen atoms in total. The number of hydrogen-bond donors (Lipinski definition) is 0. The summed E-state index contributed by atoms with van der Waals surface area (Å²) in [5.74, 6) is 1.52. The molecule has 0 aliphatic rings. The minimum absolute atomic E-state index is 0.435. The normalized spacial score (nSPS) is 10.9. The Labute approximate surface area is 139 Å². The highest BCUT2D eigenvalue weighted by Crippen LogP contribution is 2.37. The molecule has 110 valence electrons. The number of furan rings is 1. The first kappa shape index (κ1) is 15.9. The van der Waals surface area contributed by atoms with E-state index < -0.39 is 5.97 Å². The van der Waals surface area contributed by atoms with Crippen molar-refractivity contribution in [1.82, 2.24) is 0 Å². The van der Waals surface area contributed by atoms with Crippen LogP contribution in [0.15, 0.2) is 43.7 Å². The number of hydrogen-bond acceptors (Lipinski definition) is 4. The first-order valence-electron chi connectivity index (χ1n) is 5.94. The molecule has 1 aromatic heterocycles. The lowest BCUT2D eigenvalue weighted by Crippen LogP contribution is -1.92. The van der Waals surface area contributed by atoms with Crippen LogP contribution in [0.3, 0.4) is 0 Å². The average Bonchev–Trinajstić information content (AvgIpc) is 2.85. The third kappa shape index (κ3) is 3.77. The molecule has 1 heterocycles. The van der Waals surface area contributed by atoms with E-state index >= 15 is 0 Å². The minimum atomic E-state index is -0.435. The molecule has 0 saturated heterocycles. The molecule has 0 N–H and O–H groups in total. The number of methoxy groups -OCH3 is 2. The van der Waals surface area contributed by atoms with Crippen LogP contribution >= 0.6 is 31.9 Å². The predicted molar refractivity (Wildman–Crippen MR) is 87.1 cm³/mol. The van der Waals surface area contributed by atoms with Gasteiger partial charge >= 0.3 is 5.97 Å². The van der Waals surface area contributed by atoms with Gasteiger partial charge in [-0.05, 0) is 62.2 Å². The van der Waals surface area contributed by atoms with E-state index in [-0.39, 0.29) is 0 Å². The van der Waals surface area contributed by atoms with E-state index in [1.807, 2.05) is 18.2 Å². The first-order valence-corrected chi connectivity index (χ1v) is 7.53. The summed E-state index contributed by atoms with van der Waals surface area (Å²) in [6.45, 7) is 0. The number of carbonyl (C=O) groups excluding carboxylic acids is 1. The van der Waals surface area contributed by atoms with Gasteiger partial charge in [-0.3, -0.25) is 0 Å². The van der Waals surface area contributed by atoms with E-state index in [0.717, 1.165) is 20.3 Å². The summed E-state index contributed by atoms with van der Waals surface area (Å²) >= 11 is 6.94. The fourth-order valence-corrected chi connectivity index (χ4v) is 2.74. The molecule has 0 saturated carbocycles. The molecule has 0 radical (unpaired) electrons. The van der Waals surface area contributed by atoms with Crippen LogP contribution in [0.25, 0.3) is 17.4 Å². The molecule has 1 aromatic carbocycles. The van der Waals surface area contributed by atoms with Crippen LogP contribution in [0.2, 0.25) is 0 Å². The fraction of sp³-hybridized carbons (Fsp3) is 0.133. The van der Waals surface area contributed by atoms with Gasteiger partial charge in [-0.1, -0.05) is 0 Å². The Hall–Kier alpha value is -1.53. The smallest absolute Gasteiger partial charge is 0.330 e. The summed E-state index contributed by atoms with van der Waals surface area (Å²) in [7, 11) is 2.94. The largest absolute Gasteiger partial charge is 0.497 e. The lowest BCUT2D eigenvalue weighted by atomic mass is 10.2. The van der Waals surface area contributed by atoms with Crippen molar-refractivity contribution >= 4 is 43.9 Å². The van der Waals surface area contributed by atoms with E-state index in [2.05, 4.69) is 36.6 Å². The van der Waals surface area contributed by atoms with Crippen LogP contribution in [0, 0.1) is 0 Å². The van der Waals surface area contributed by atoms with Gasteiger partial charge < -0.3 is 13.9 Å². The van der Waals surface area contributed by atoms with Gasteiger partial charge in [-0.15, -0.1) is 0 Å². The van der Waals surface area contributed by atoms with Gasteiger partial charge in [-0.25, -0.2) is 4.79 Å². The molecule has 21 heavy (non-hydrogen) atoms. The molecule has 0 atom stereocenters. The van der Waals surface area contributed by atoms with Gasteiger partial charge in [0.25, 0.3) is 0 Å². The lowest BCUT2D eigenvalue weighted by molar-refractivity contribution is -0.134. The fourth-order valence-electron chi connectivity index (χ4n) is 1.68. The van der Waals surface area contributed by atoms with Crippen molar-refractivity contribution in [2.45, 2.75) is 0 Å². The number of esters is 1. The van der Waals surface area contributed by atoms with Crippen molar-refractivity contribution in [2.75, 3.05) is 14.2 Å². The highest BCUT2D eigenvalue weighted by Gasteiger charge is 2.13. The van der Waals surface area contributed by atoms with Crippen LogP contribution in [-0.2, 0) is 9.53 Å². The van der Waals surface area contributed by atoms with Crippen LogP contribution in [0.1, 0.15) is 5.76 Å². The lowest BCUT2D eigenvalue weighted by Gasteiger charge is -2.05. The maximum absolute atomic E-state index is 11.1. The van der Waals surface area contributed by atoms with Crippen molar-refractivity contribution in [3.05, 3.63) is 45.0 Å². The van der Waals surface area contributed by atoms with Crippen molar-refractivity contribution in [1.29, 1.82) is 0 Å². The zero-order valence-corrected chi connectivity index (χ0v) is 14.5. The molecule has 6 heteroatoms. The van der Waals surface area contributed by atoms with Crippen molar-refractivity contribution in [3.63, 3.8) is 0 Å². The molecule has 0 aliphatic carbocycles. The molecule has 0 amide bonds. The predicted octanol–water partition coefficient (Wildman–Crippen LogP) is 4.67. The monoisotopic (exact) mass is 414 g/mol. The van der Waals surface area contributed by atoms with Gasteiger partial charge in [0.1, 0.15) is 17.3 Å². The molecule has 2 aromatic rings. The van der Waals surface area contributed by atoms with E-state index in [9.17, 15) is 4.79 Å². The summed E-state index contributed by atoms with van der Waals surface area (Å²) in [4.78, 5) is 11.1. The maximum atomic E-state index is 11.1. The Kier molecular flexibility index (Phi) is 5.25. The number of halogens is 2. The number of rotatable bonds is 4. The Morgan fingerprint density at radius 1 is 1.19 bits per heavy atom. The third-order valence-corrected chi connectivity index (χ3v) is 3.96. The summed E-state index contributed by atoms with van der Waals surface area (Å²) in [5.41, 5.74) is 0.875. The molecule has 0 aliphatic heterocycles. The number of ether oxygens (including phenoxy) is 2. The Bertz CT molecular complexity index is 689. The molecule has 0 spiro atoms. The topological polar surface area (TPSA) is 48.7 Å². The van der Waals surface area contributed by atoms with Gasteiger partial charge in [0.2, 0.25) is 0 Å². The van der Waals surface area contributed by atoms with Gasteiger partial charge in [0.05, 0.1) is 18.7 Å². The summed E-state index contributed by atoms with van der Waals surface area (Å²) in [5, 5.41) is 0. The zero-order valence-electron chi connectivity index (χ0n) is 11.4. The first-order chi connectivity index (χ1) is 10.0. The maximum Gasteiger partial charge on any atom is 0.330 e. The van der Waals surface area contributed by atoms with Crippen molar-refractivity contribution in [3.8, 4) is 17.1 Å². The summed E-state index contributed by atoms with van der Waals surface area (Å²) in [6, 6.07) is 7.37. The standard InChI is InChI=1S/C15H12Br2O4/c1-19-9-3-5-11(12(16)7-9)15-13(17)8-10(21-15)4-6-14(18)20-2/h3-8H,1-2H3/b6-4+. The van der Waals surface area contributed by atoms with Gasteiger partial charge in [0.15, 0.2) is 0 Å². The molecule has 0 bridgehead atoms. The quantitative estimate of drug-likeness (QED) is 0.537. The Morgan fingerprint density at radius 2 is 1.95 bits per heavy atom. The minimum Gasteiger partial charge on any atom is -0.497 e. The number of carbonyl (C=O) groups is 1. The Balaban J connectivity index is 2.35. The SMILES string of the molecule is COC(=O)/C=C/c1cc(Br)c(-c2ccc(OC)cc2Br)o1. The molecular weight excluding hydrogens is 404 g/mol. The summed E-state index contributed by atoms with van der Waals surface area (Å²) in [6.07, 6.45) is 2.86. The molecule has 2 rings (SSSR count). The van der Waals surface area contributed by atoms with Crippen molar-refractivity contribution < 1.29 is 18.7 Å². The number of benzene rings is 1. The second-order valence-electron chi connectivity index (χ2n) is 4.03. The van der Waals surface area contributed by atoms with E-state index in [1.54, 1.807) is 19.3 Å². The van der Waals surface area contributed by atoms with E-state index in [4.69, 9.17) is 9.15 Å². The average molecular weight is 416 g/mol. The van der Waals surface area contributed by atoms with Gasteiger partial charge in [0, 0.05) is 16.1 Å². The van der Waals surface area contributed by atoms with Crippen molar-refractivity contribution in [2.24, 2.45) is 0 Å². The van der Waals surface area contributed by atoms with Crippen LogP contribution < -0.4 is 4.74 Å². The van der Waals surface area contributed by atoms with E-state index in [0.29, 0.717) is 11.5 Å². The molecule has 0 fully saturated rings. The Morgan fingerprint density at radius 3 is 2.57 bits per heavy atom. The van der Waals surface area contributed by atoms with Crippen LogP contribution in [0.4, 0.5) is 0 Å². The summed E-state index contributed by atoms with van der Waals surface area (Å²) < 4.78 is 17.1. The second-order valence-corrected chi connectivity index (χ2v) is 5.74. The highest BCUT2D eigenvalue weighted by molar-refractivity contribution is 9.11. The third-order valence-electron chi connectivity index (χ3n) is 2.71. The van der Waals surface area contributed by atoms with E-state index in [1.165, 1.54) is 13.2 Å². The van der Waals surface area contributed by atoms with Crippen LogP contribution in [0.5, 0.6) is 5.75 Å². The molecular formula is C15H12Br2O4. The van der Waals surface area contributed by atoms with Crippen LogP contribution in [-0.4, -0.2) is 20.2 Å². The zero-order chi connectivity index (χ0) is 15.4. The highest BCUT2D eigenvalue weighted by atomic mass is 79.9. The molecule has 0 unspecified atom stereocenters. The van der Waals surface area contributed by atoms with Gasteiger partial charge in [-0.2, -0.15) is 0 Å². The second kappa shape index (κ2) is 6.95.